The molecule has 0 fully saturated rings. The fourth-order valence-corrected chi connectivity index (χ4v) is 1.45. The number of methoxy groups -OCH3 is 1. The number of likely N-dealkylation sites (N-methyl/N-ethyl adjacent to an activating group) is 1. The van der Waals surface area contributed by atoms with Crippen molar-refractivity contribution in [2.45, 2.75) is 13.0 Å². The van der Waals surface area contributed by atoms with Gasteiger partial charge in [0.05, 0.1) is 25.6 Å². The summed E-state index contributed by atoms with van der Waals surface area (Å²) in [5.41, 5.74) is 5.87. The van der Waals surface area contributed by atoms with Crippen molar-refractivity contribution in [3.63, 3.8) is 0 Å². The van der Waals surface area contributed by atoms with Gasteiger partial charge in [-0.15, -0.1) is 0 Å². The molecule has 0 bridgehead atoms. The van der Waals surface area contributed by atoms with E-state index < -0.39 is 0 Å². The summed E-state index contributed by atoms with van der Waals surface area (Å²) in [6.45, 7) is 3.65. The Morgan fingerprint density at radius 2 is 2.24 bits per heavy atom. The Morgan fingerprint density at radius 1 is 1.47 bits per heavy atom. The van der Waals surface area contributed by atoms with E-state index in [0.717, 1.165) is 5.82 Å². The van der Waals surface area contributed by atoms with Crippen LogP contribution in [-0.2, 0) is 4.74 Å². The molecule has 0 aromatic carbocycles. The molecule has 17 heavy (non-hydrogen) atoms. The standard InChI is InChI=1S/C11H20N4O2/c1-4-17-11-6-13-5-10(14-11)15(2)7-9(12)8-16-3/h5-6,9H,4,7-8,12H2,1-3H3. The van der Waals surface area contributed by atoms with Crippen LogP contribution in [0.15, 0.2) is 12.4 Å². The Hall–Kier alpha value is -1.40. The fourth-order valence-electron chi connectivity index (χ4n) is 1.45. The maximum Gasteiger partial charge on any atom is 0.234 e. The highest BCUT2D eigenvalue weighted by atomic mass is 16.5. The number of ether oxygens (including phenoxy) is 2. The third-order valence-electron chi connectivity index (χ3n) is 2.17. The van der Waals surface area contributed by atoms with Gasteiger partial charge in [0.2, 0.25) is 5.88 Å². The molecule has 0 radical (unpaired) electrons. The van der Waals surface area contributed by atoms with Crippen LogP contribution in [0.1, 0.15) is 6.92 Å². The molecule has 0 saturated heterocycles. The van der Waals surface area contributed by atoms with Gasteiger partial charge >= 0.3 is 0 Å². The second-order valence-electron chi connectivity index (χ2n) is 3.74. The van der Waals surface area contributed by atoms with Gasteiger partial charge in [-0.3, -0.25) is 4.98 Å². The number of hydrogen-bond acceptors (Lipinski definition) is 6. The molecule has 0 amide bonds. The monoisotopic (exact) mass is 240 g/mol. The Kier molecular flexibility index (Phi) is 5.65. The lowest BCUT2D eigenvalue weighted by Crippen LogP contribution is -2.38. The van der Waals surface area contributed by atoms with Crippen LogP contribution in [0.4, 0.5) is 5.82 Å². The summed E-state index contributed by atoms with van der Waals surface area (Å²) in [5.74, 6) is 1.26. The van der Waals surface area contributed by atoms with Crippen LogP contribution in [0, 0.1) is 0 Å². The van der Waals surface area contributed by atoms with Crippen LogP contribution in [0.2, 0.25) is 0 Å². The molecule has 0 aliphatic heterocycles. The molecule has 1 aromatic heterocycles. The zero-order chi connectivity index (χ0) is 12.7. The van der Waals surface area contributed by atoms with Crippen LogP contribution in [-0.4, -0.2) is 49.9 Å². The second-order valence-corrected chi connectivity index (χ2v) is 3.74. The lowest BCUT2D eigenvalue weighted by molar-refractivity contribution is 0.181. The molecule has 2 N–H and O–H groups in total. The number of hydrogen-bond donors (Lipinski definition) is 1. The van der Waals surface area contributed by atoms with Crippen molar-refractivity contribution in [3.8, 4) is 5.88 Å². The molecule has 0 saturated carbocycles. The second kappa shape index (κ2) is 7.03. The molecular weight excluding hydrogens is 220 g/mol. The number of aromatic nitrogens is 2. The SMILES string of the molecule is CCOc1cncc(N(C)CC(N)COC)n1. The highest BCUT2D eigenvalue weighted by Gasteiger charge is 2.09. The summed E-state index contributed by atoms with van der Waals surface area (Å²) in [6, 6.07) is -0.0532. The van der Waals surface area contributed by atoms with Crippen molar-refractivity contribution in [2.24, 2.45) is 5.73 Å². The van der Waals surface area contributed by atoms with Crippen molar-refractivity contribution in [1.29, 1.82) is 0 Å². The van der Waals surface area contributed by atoms with Gasteiger partial charge in [0.15, 0.2) is 5.82 Å². The Balaban J connectivity index is 2.61. The van der Waals surface area contributed by atoms with Gasteiger partial charge in [-0.05, 0) is 6.92 Å². The van der Waals surface area contributed by atoms with E-state index in [-0.39, 0.29) is 6.04 Å². The third-order valence-corrected chi connectivity index (χ3v) is 2.17. The first-order chi connectivity index (χ1) is 8.17. The van der Waals surface area contributed by atoms with Crippen LogP contribution in [0.25, 0.3) is 0 Å². The van der Waals surface area contributed by atoms with Gasteiger partial charge in [0, 0.05) is 26.7 Å². The average molecular weight is 240 g/mol. The minimum atomic E-state index is -0.0532. The highest BCUT2D eigenvalue weighted by Crippen LogP contribution is 2.12. The predicted molar refractivity (Wildman–Crippen MR) is 66.3 cm³/mol. The smallest absolute Gasteiger partial charge is 0.234 e. The maximum atomic E-state index is 5.87. The first-order valence-corrected chi connectivity index (χ1v) is 5.57. The summed E-state index contributed by atoms with van der Waals surface area (Å²) in [6.07, 6.45) is 3.28. The van der Waals surface area contributed by atoms with Crippen molar-refractivity contribution in [1.82, 2.24) is 9.97 Å². The van der Waals surface area contributed by atoms with E-state index >= 15 is 0 Å². The quantitative estimate of drug-likeness (QED) is 0.738. The summed E-state index contributed by atoms with van der Waals surface area (Å²) >= 11 is 0. The molecule has 0 aliphatic carbocycles. The van der Waals surface area contributed by atoms with Crippen molar-refractivity contribution in [2.75, 3.05) is 38.8 Å². The van der Waals surface area contributed by atoms with E-state index in [1.807, 2.05) is 18.9 Å². The molecule has 1 heterocycles. The van der Waals surface area contributed by atoms with Gasteiger partial charge in [-0.25, -0.2) is 0 Å². The molecule has 96 valence electrons. The normalized spacial score (nSPS) is 12.2. The van der Waals surface area contributed by atoms with Gasteiger partial charge in [-0.1, -0.05) is 0 Å². The van der Waals surface area contributed by atoms with Crippen LogP contribution in [0.3, 0.4) is 0 Å². The molecule has 1 rings (SSSR count). The first kappa shape index (κ1) is 13.7. The number of nitrogens with zero attached hydrogens (tertiary/aromatic N) is 3. The zero-order valence-corrected chi connectivity index (χ0v) is 10.6. The number of nitrogens with two attached hydrogens (primary N) is 1. The van der Waals surface area contributed by atoms with Crippen molar-refractivity contribution in [3.05, 3.63) is 12.4 Å². The lowest BCUT2D eigenvalue weighted by atomic mass is 10.3. The average Bonchev–Trinajstić information content (AvgIpc) is 2.30. The molecule has 1 atom stereocenters. The summed E-state index contributed by atoms with van der Waals surface area (Å²) in [5, 5.41) is 0. The molecular formula is C11H20N4O2. The van der Waals surface area contributed by atoms with E-state index in [4.69, 9.17) is 15.2 Å². The van der Waals surface area contributed by atoms with Crippen molar-refractivity contribution < 1.29 is 9.47 Å². The van der Waals surface area contributed by atoms with E-state index in [9.17, 15) is 0 Å². The minimum Gasteiger partial charge on any atom is -0.477 e. The van der Waals surface area contributed by atoms with Crippen molar-refractivity contribution >= 4 is 5.82 Å². The predicted octanol–water partition coefficient (Wildman–Crippen LogP) is 0.285. The van der Waals surface area contributed by atoms with Gasteiger partial charge in [-0.2, -0.15) is 4.98 Å². The number of rotatable bonds is 7. The Bertz CT molecular complexity index is 335. The van der Waals surface area contributed by atoms with Crippen LogP contribution in [0.5, 0.6) is 5.88 Å². The van der Waals surface area contributed by atoms with Gasteiger partial charge in [0.1, 0.15) is 0 Å². The van der Waals surface area contributed by atoms with E-state index in [1.165, 1.54) is 0 Å². The zero-order valence-electron chi connectivity index (χ0n) is 10.6. The topological polar surface area (TPSA) is 73.5 Å². The van der Waals surface area contributed by atoms with Gasteiger partial charge < -0.3 is 20.1 Å². The van der Waals surface area contributed by atoms with Crippen LogP contribution >= 0.6 is 0 Å². The minimum absolute atomic E-state index is 0.0532. The Morgan fingerprint density at radius 3 is 2.88 bits per heavy atom. The number of anilines is 1. The Labute approximate surface area is 102 Å². The van der Waals surface area contributed by atoms with E-state index in [2.05, 4.69) is 9.97 Å². The molecule has 6 heteroatoms. The highest BCUT2D eigenvalue weighted by molar-refractivity contribution is 5.36. The summed E-state index contributed by atoms with van der Waals surface area (Å²) < 4.78 is 10.3. The largest absolute Gasteiger partial charge is 0.477 e. The maximum absolute atomic E-state index is 5.87. The summed E-state index contributed by atoms with van der Waals surface area (Å²) in [7, 11) is 3.55. The molecule has 1 aromatic rings. The molecule has 1 unspecified atom stereocenters. The van der Waals surface area contributed by atoms with E-state index in [1.54, 1.807) is 19.5 Å². The molecule has 0 spiro atoms. The third kappa shape index (κ3) is 4.54. The summed E-state index contributed by atoms with van der Waals surface area (Å²) in [4.78, 5) is 10.3. The first-order valence-electron chi connectivity index (χ1n) is 5.57. The lowest BCUT2D eigenvalue weighted by Gasteiger charge is -2.21. The van der Waals surface area contributed by atoms with Crippen LogP contribution < -0.4 is 15.4 Å². The fraction of sp³-hybridized carbons (Fsp3) is 0.636. The van der Waals surface area contributed by atoms with Gasteiger partial charge in [0.25, 0.3) is 0 Å². The molecule has 6 nitrogen and oxygen atoms in total. The molecule has 0 aliphatic rings. The van der Waals surface area contributed by atoms with E-state index in [0.29, 0.717) is 25.6 Å².